The Morgan fingerprint density at radius 3 is 2.16 bits per heavy atom. The van der Waals surface area contributed by atoms with Crippen LogP contribution >= 0.6 is 7.82 Å². The number of carbonyl (C=O) groups is 1. The molecule has 0 bridgehead atoms. The number of nitrogens with one attached hydrogen (secondary N) is 1. The maximum atomic E-state index is 12.8. The van der Waals surface area contributed by atoms with Gasteiger partial charge < -0.3 is 34.0 Å². The number of phosphoric ester groups is 1. The van der Waals surface area contributed by atoms with E-state index >= 15 is 0 Å². The molecular weight excluding hydrogens is 651 g/mol. The number of phosphoric acid groups is 1. The molecule has 0 heterocycles. The van der Waals surface area contributed by atoms with Crippen LogP contribution < -0.4 is 10.2 Å². The van der Waals surface area contributed by atoms with E-state index in [1.54, 1.807) is 6.08 Å². The topological polar surface area (TPSA) is 128 Å². The molecule has 10 heteroatoms. The number of likely N-dealkylation sites (N-methyl/N-ethyl adjacent to an activating group) is 1. The Hall–Kier alpha value is -1.84. The van der Waals surface area contributed by atoms with E-state index < -0.39 is 32.7 Å². The Bertz CT molecular complexity index is 1020. The van der Waals surface area contributed by atoms with Crippen molar-refractivity contribution in [1.29, 1.82) is 0 Å². The third kappa shape index (κ3) is 33.3. The number of aliphatic hydroxyl groups excluding tert-OH is 2. The van der Waals surface area contributed by atoms with E-state index in [9.17, 15) is 24.5 Å². The molecule has 2 unspecified atom stereocenters. The first-order chi connectivity index (χ1) is 23.9. The molecule has 50 heavy (non-hydrogen) atoms. The standard InChI is InChI=1S/C40H73N2O7P/c1-6-8-10-12-14-15-16-17-18-20-24-28-32-39(44)38(36-49-50(46,47)48-35-34-42(3,4)5)41-40(45)33-29-25-21-23-27-31-37(43)30-26-22-19-13-11-9-7-2/h9,11,17-19,22,26,28,30,32,37-39,43-44H,6-8,10,12-16,20-21,23-25,27,29,31,33-36H2,1-5H3,(H-,41,45,46,47)/b11-9+,18-17-,22-19+,30-26+,32-28+/t37?,38-,39+/m0/s1. The summed E-state index contributed by atoms with van der Waals surface area (Å²) in [6.07, 6.45) is 35.7. The fraction of sp³-hybridized carbons (Fsp3) is 0.725. The lowest BCUT2D eigenvalue weighted by molar-refractivity contribution is -0.870. The summed E-state index contributed by atoms with van der Waals surface area (Å²) in [6, 6.07) is -0.941. The second-order valence-electron chi connectivity index (χ2n) is 14.1. The number of rotatable bonds is 33. The zero-order chi connectivity index (χ0) is 37.4. The van der Waals surface area contributed by atoms with Crippen molar-refractivity contribution < 1.29 is 38.0 Å². The van der Waals surface area contributed by atoms with E-state index in [1.165, 1.54) is 38.5 Å². The van der Waals surface area contributed by atoms with Gasteiger partial charge in [0.25, 0.3) is 7.82 Å². The van der Waals surface area contributed by atoms with Gasteiger partial charge in [0.05, 0.1) is 46.0 Å². The monoisotopic (exact) mass is 725 g/mol. The van der Waals surface area contributed by atoms with E-state index in [4.69, 9.17) is 9.05 Å². The normalized spacial score (nSPS) is 15.9. The summed E-state index contributed by atoms with van der Waals surface area (Å²) in [5.41, 5.74) is 0. The zero-order valence-corrected chi connectivity index (χ0v) is 33.1. The molecule has 290 valence electrons. The van der Waals surface area contributed by atoms with E-state index in [0.717, 1.165) is 57.8 Å². The molecule has 0 spiro atoms. The van der Waals surface area contributed by atoms with Gasteiger partial charge in [0.15, 0.2) is 0 Å². The lowest BCUT2D eigenvalue weighted by atomic mass is 10.1. The van der Waals surface area contributed by atoms with Crippen LogP contribution in [-0.4, -0.2) is 79.8 Å². The van der Waals surface area contributed by atoms with Crippen LogP contribution in [0.15, 0.2) is 60.8 Å². The Kier molecular flexibility index (Phi) is 30.7. The highest BCUT2D eigenvalue weighted by atomic mass is 31.2. The van der Waals surface area contributed by atoms with Crippen molar-refractivity contribution in [1.82, 2.24) is 5.32 Å². The van der Waals surface area contributed by atoms with E-state index in [-0.39, 0.29) is 18.9 Å². The van der Waals surface area contributed by atoms with Crippen LogP contribution in [0.5, 0.6) is 0 Å². The zero-order valence-electron chi connectivity index (χ0n) is 32.2. The second kappa shape index (κ2) is 31.9. The fourth-order valence-corrected chi connectivity index (χ4v) is 5.66. The van der Waals surface area contributed by atoms with Crippen LogP contribution in [0.3, 0.4) is 0 Å². The molecule has 0 aromatic rings. The minimum Gasteiger partial charge on any atom is -0.756 e. The molecular formula is C40H73N2O7P. The Labute approximate surface area is 305 Å². The number of amides is 1. The number of hydrogen-bond acceptors (Lipinski definition) is 7. The summed E-state index contributed by atoms with van der Waals surface area (Å²) in [5, 5.41) is 23.8. The number of hydrogen-bond donors (Lipinski definition) is 3. The largest absolute Gasteiger partial charge is 0.756 e. The molecule has 0 aliphatic heterocycles. The number of unbranched alkanes of at least 4 members (excludes halogenated alkanes) is 11. The summed E-state index contributed by atoms with van der Waals surface area (Å²) in [7, 11) is 1.17. The molecule has 0 saturated carbocycles. The van der Waals surface area contributed by atoms with Crippen molar-refractivity contribution in [3.05, 3.63) is 60.8 Å². The highest BCUT2D eigenvalue weighted by Gasteiger charge is 2.23. The smallest absolute Gasteiger partial charge is 0.268 e. The molecule has 0 rings (SSSR count). The molecule has 4 atom stereocenters. The van der Waals surface area contributed by atoms with Gasteiger partial charge >= 0.3 is 0 Å². The summed E-state index contributed by atoms with van der Waals surface area (Å²) in [5.74, 6) is -0.269. The number of nitrogens with zero attached hydrogens (tertiary/aromatic N) is 1. The van der Waals surface area contributed by atoms with Crippen molar-refractivity contribution >= 4 is 13.7 Å². The lowest BCUT2D eigenvalue weighted by Crippen LogP contribution is -2.45. The first-order valence-electron chi connectivity index (χ1n) is 19.3. The first kappa shape index (κ1) is 48.2. The van der Waals surface area contributed by atoms with E-state index in [1.807, 2.05) is 45.4 Å². The highest BCUT2D eigenvalue weighted by Crippen LogP contribution is 2.38. The van der Waals surface area contributed by atoms with Crippen LogP contribution in [-0.2, 0) is 18.4 Å². The molecule has 3 N–H and O–H groups in total. The number of carbonyl (C=O) groups excluding carboxylic acids is 1. The first-order valence-corrected chi connectivity index (χ1v) is 20.7. The Morgan fingerprint density at radius 2 is 1.44 bits per heavy atom. The molecule has 0 aromatic carbocycles. The SMILES string of the molecule is CC/C=C/C/C=C/C=C/C(O)CCCCCCCC(=O)N[C@@H](COP(=O)([O-])OCC[N+](C)(C)C)[C@H](O)/C=C/CC/C=C\CCCCCCCC. The van der Waals surface area contributed by atoms with Gasteiger partial charge in [0.2, 0.25) is 5.91 Å². The summed E-state index contributed by atoms with van der Waals surface area (Å²) in [4.78, 5) is 25.2. The molecule has 0 aliphatic rings. The van der Waals surface area contributed by atoms with Crippen LogP contribution in [0, 0.1) is 0 Å². The van der Waals surface area contributed by atoms with Gasteiger partial charge in [-0.3, -0.25) is 9.36 Å². The Balaban J connectivity index is 4.68. The average Bonchev–Trinajstić information content (AvgIpc) is 3.05. The van der Waals surface area contributed by atoms with Crippen molar-refractivity contribution in [3.63, 3.8) is 0 Å². The molecule has 0 saturated heterocycles. The number of quaternary nitrogens is 1. The predicted octanol–water partition coefficient (Wildman–Crippen LogP) is 8.24. The van der Waals surface area contributed by atoms with Gasteiger partial charge in [-0.2, -0.15) is 0 Å². The molecule has 9 nitrogen and oxygen atoms in total. The van der Waals surface area contributed by atoms with Gasteiger partial charge in [0, 0.05) is 6.42 Å². The van der Waals surface area contributed by atoms with Crippen molar-refractivity contribution in [3.8, 4) is 0 Å². The molecule has 0 aromatic heterocycles. The lowest BCUT2D eigenvalue weighted by Gasteiger charge is -2.29. The molecule has 0 aliphatic carbocycles. The minimum atomic E-state index is -4.62. The van der Waals surface area contributed by atoms with Gasteiger partial charge in [-0.25, -0.2) is 0 Å². The van der Waals surface area contributed by atoms with Crippen LogP contribution in [0.1, 0.15) is 129 Å². The summed E-state index contributed by atoms with van der Waals surface area (Å²) in [6.45, 7) is 4.35. The van der Waals surface area contributed by atoms with Gasteiger partial charge in [-0.05, 0) is 51.4 Å². The fourth-order valence-electron chi connectivity index (χ4n) is 4.94. The molecule has 0 radical (unpaired) electrons. The Morgan fingerprint density at radius 1 is 0.780 bits per heavy atom. The number of aliphatic hydroxyl groups is 2. The van der Waals surface area contributed by atoms with Crippen molar-refractivity contribution in [2.75, 3.05) is 40.9 Å². The van der Waals surface area contributed by atoms with Gasteiger partial charge in [-0.1, -0.05) is 132 Å². The maximum Gasteiger partial charge on any atom is 0.268 e. The second-order valence-corrected chi connectivity index (χ2v) is 15.5. The summed E-state index contributed by atoms with van der Waals surface area (Å²) >= 11 is 0. The van der Waals surface area contributed by atoms with Gasteiger partial charge in [-0.15, -0.1) is 0 Å². The maximum absolute atomic E-state index is 12.8. The van der Waals surface area contributed by atoms with Gasteiger partial charge in [0.1, 0.15) is 13.2 Å². The number of allylic oxidation sites excluding steroid dienone is 8. The summed E-state index contributed by atoms with van der Waals surface area (Å²) < 4.78 is 23.0. The van der Waals surface area contributed by atoms with Crippen molar-refractivity contribution in [2.24, 2.45) is 0 Å². The van der Waals surface area contributed by atoms with Crippen LogP contribution in [0.2, 0.25) is 0 Å². The van der Waals surface area contributed by atoms with Crippen LogP contribution in [0.25, 0.3) is 0 Å². The minimum absolute atomic E-state index is 0.0274. The highest BCUT2D eigenvalue weighted by molar-refractivity contribution is 7.45. The third-order valence-electron chi connectivity index (χ3n) is 8.07. The average molecular weight is 725 g/mol. The van der Waals surface area contributed by atoms with E-state index in [2.05, 4.69) is 49.5 Å². The quantitative estimate of drug-likeness (QED) is 0.0205. The third-order valence-corrected chi connectivity index (χ3v) is 9.03. The predicted molar refractivity (Wildman–Crippen MR) is 207 cm³/mol. The molecule has 1 amide bonds. The van der Waals surface area contributed by atoms with Crippen LogP contribution in [0.4, 0.5) is 0 Å². The van der Waals surface area contributed by atoms with E-state index in [0.29, 0.717) is 23.9 Å². The van der Waals surface area contributed by atoms with Crippen molar-refractivity contribution in [2.45, 2.75) is 148 Å². The molecule has 0 fully saturated rings.